The van der Waals surface area contributed by atoms with E-state index in [4.69, 9.17) is 11.6 Å². The lowest BCUT2D eigenvalue weighted by Crippen LogP contribution is -2.50. The molecule has 1 saturated heterocycles. The van der Waals surface area contributed by atoms with Crippen LogP contribution in [0.1, 0.15) is 4.88 Å². The second-order valence-electron chi connectivity index (χ2n) is 5.53. The molecule has 0 unspecified atom stereocenters. The van der Waals surface area contributed by atoms with Crippen LogP contribution >= 0.6 is 22.9 Å². The maximum atomic E-state index is 12.3. The van der Waals surface area contributed by atoms with Crippen molar-refractivity contribution >= 4 is 34.5 Å². The van der Waals surface area contributed by atoms with Gasteiger partial charge in [0.2, 0.25) is 5.91 Å². The Labute approximate surface area is 145 Å². The first-order valence-corrected chi connectivity index (χ1v) is 8.99. The Morgan fingerprint density at radius 2 is 2.00 bits per heavy atom. The van der Waals surface area contributed by atoms with E-state index in [9.17, 15) is 4.79 Å². The van der Waals surface area contributed by atoms with E-state index in [0.717, 1.165) is 43.4 Å². The first-order valence-electron chi connectivity index (χ1n) is 7.74. The number of thiophene rings is 1. The van der Waals surface area contributed by atoms with Crippen LogP contribution in [-0.2, 0) is 11.3 Å². The molecule has 4 nitrogen and oxygen atoms in total. The lowest BCUT2D eigenvalue weighted by molar-refractivity contribution is -0.130. The zero-order valence-corrected chi connectivity index (χ0v) is 14.4. The van der Waals surface area contributed by atoms with Crippen molar-refractivity contribution in [1.82, 2.24) is 10.2 Å². The summed E-state index contributed by atoms with van der Waals surface area (Å²) in [5.41, 5.74) is 1.13. The van der Waals surface area contributed by atoms with Crippen LogP contribution in [-0.4, -0.2) is 43.5 Å². The molecule has 1 aliphatic heterocycles. The predicted octanol–water partition coefficient (Wildman–Crippen LogP) is 2.84. The average Bonchev–Trinajstić information content (AvgIpc) is 3.08. The molecule has 1 fully saturated rings. The second kappa shape index (κ2) is 7.81. The molecule has 0 saturated carbocycles. The Morgan fingerprint density at radius 1 is 1.17 bits per heavy atom. The van der Waals surface area contributed by atoms with E-state index in [-0.39, 0.29) is 5.91 Å². The molecule has 3 rings (SSSR count). The number of carbonyl (C=O) groups excluding carboxylic acids is 1. The van der Waals surface area contributed by atoms with Crippen molar-refractivity contribution in [3.63, 3.8) is 0 Å². The summed E-state index contributed by atoms with van der Waals surface area (Å²) in [4.78, 5) is 17.7. The van der Waals surface area contributed by atoms with Gasteiger partial charge in [-0.1, -0.05) is 23.7 Å². The summed E-state index contributed by atoms with van der Waals surface area (Å²) >= 11 is 7.75. The minimum atomic E-state index is 0.173. The van der Waals surface area contributed by atoms with Gasteiger partial charge in [0, 0.05) is 48.3 Å². The average molecular weight is 350 g/mol. The quantitative estimate of drug-likeness (QED) is 0.901. The SMILES string of the molecule is O=C(CNCc1cccs1)N1CCN(c2cccc(Cl)c2)CC1. The third-order valence-corrected chi connectivity index (χ3v) is 5.07. The molecular weight excluding hydrogens is 330 g/mol. The molecule has 122 valence electrons. The molecule has 23 heavy (non-hydrogen) atoms. The number of amides is 1. The number of halogens is 1. The van der Waals surface area contributed by atoms with Crippen LogP contribution in [0.4, 0.5) is 5.69 Å². The van der Waals surface area contributed by atoms with Crippen molar-refractivity contribution in [3.8, 4) is 0 Å². The Kier molecular flexibility index (Phi) is 5.54. The second-order valence-corrected chi connectivity index (χ2v) is 7.00. The van der Waals surface area contributed by atoms with Crippen LogP contribution < -0.4 is 10.2 Å². The van der Waals surface area contributed by atoms with Crippen LogP contribution in [0, 0.1) is 0 Å². The van der Waals surface area contributed by atoms with Gasteiger partial charge in [-0.2, -0.15) is 0 Å². The van der Waals surface area contributed by atoms with E-state index in [1.165, 1.54) is 4.88 Å². The summed E-state index contributed by atoms with van der Waals surface area (Å²) in [5.74, 6) is 0.173. The number of hydrogen-bond acceptors (Lipinski definition) is 4. The number of carbonyl (C=O) groups is 1. The first-order chi connectivity index (χ1) is 11.2. The normalized spacial score (nSPS) is 15.0. The fraction of sp³-hybridized carbons (Fsp3) is 0.353. The summed E-state index contributed by atoms with van der Waals surface area (Å²) in [6.07, 6.45) is 0. The van der Waals surface area contributed by atoms with Crippen LogP contribution in [0.15, 0.2) is 41.8 Å². The van der Waals surface area contributed by atoms with E-state index >= 15 is 0 Å². The monoisotopic (exact) mass is 349 g/mol. The number of benzene rings is 1. The molecule has 0 aliphatic carbocycles. The van der Waals surface area contributed by atoms with Gasteiger partial charge in [0.05, 0.1) is 6.54 Å². The highest BCUT2D eigenvalue weighted by atomic mass is 35.5. The number of nitrogens with one attached hydrogen (secondary N) is 1. The Balaban J connectivity index is 1.44. The van der Waals surface area contributed by atoms with Crippen LogP contribution in [0.25, 0.3) is 0 Å². The smallest absolute Gasteiger partial charge is 0.236 e. The van der Waals surface area contributed by atoms with Gasteiger partial charge in [-0.25, -0.2) is 0 Å². The molecule has 1 N–H and O–H groups in total. The molecule has 0 spiro atoms. The van der Waals surface area contributed by atoms with Gasteiger partial charge in [-0.3, -0.25) is 4.79 Å². The highest BCUT2D eigenvalue weighted by molar-refractivity contribution is 7.09. The number of nitrogens with zero attached hydrogens (tertiary/aromatic N) is 2. The minimum absolute atomic E-state index is 0.173. The summed E-state index contributed by atoms with van der Waals surface area (Å²) in [6.45, 7) is 4.35. The molecule has 2 heterocycles. The van der Waals surface area contributed by atoms with E-state index in [1.54, 1.807) is 11.3 Å². The lowest BCUT2D eigenvalue weighted by atomic mass is 10.2. The molecule has 1 aromatic carbocycles. The van der Waals surface area contributed by atoms with Crippen molar-refractivity contribution in [2.45, 2.75) is 6.54 Å². The highest BCUT2D eigenvalue weighted by Crippen LogP contribution is 2.20. The van der Waals surface area contributed by atoms with Crippen molar-refractivity contribution in [3.05, 3.63) is 51.7 Å². The molecular formula is C17H20ClN3OS. The molecule has 1 amide bonds. The number of piperazine rings is 1. The highest BCUT2D eigenvalue weighted by Gasteiger charge is 2.20. The van der Waals surface area contributed by atoms with Crippen molar-refractivity contribution in [1.29, 1.82) is 0 Å². The predicted molar refractivity (Wildman–Crippen MR) is 96.3 cm³/mol. The topological polar surface area (TPSA) is 35.6 Å². The first kappa shape index (κ1) is 16.3. The van der Waals surface area contributed by atoms with Crippen LogP contribution in [0.5, 0.6) is 0 Å². The molecule has 0 radical (unpaired) electrons. The molecule has 0 bridgehead atoms. The zero-order valence-electron chi connectivity index (χ0n) is 12.9. The molecule has 1 aliphatic rings. The van der Waals surface area contributed by atoms with Gasteiger partial charge in [0.25, 0.3) is 0 Å². The molecule has 2 aromatic rings. The molecule has 0 atom stereocenters. The Hall–Kier alpha value is -1.56. The number of hydrogen-bond donors (Lipinski definition) is 1. The van der Waals surface area contributed by atoms with Gasteiger partial charge in [-0.05, 0) is 29.6 Å². The van der Waals surface area contributed by atoms with Crippen molar-refractivity contribution in [2.75, 3.05) is 37.6 Å². The summed E-state index contributed by atoms with van der Waals surface area (Å²) in [7, 11) is 0. The van der Waals surface area contributed by atoms with E-state index < -0.39 is 0 Å². The number of anilines is 1. The molecule has 1 aromatic heterocycles. The van der Waals surface area contributed by atoms with Crippen molar-refractivity contribution in [2.24, 2.45) is 0 Å². The van der Waals surface area contributed by atoms with Crippen LogP contribution in [0.2, 0.25) is 5.02 Å². The zero-order chi connectivity index (χ0) is 16.1. The third-order valence-electron chi connectivity index (χ3n) is 3.96. The lowest BCUT2D eigenvalue weighted by Gasteiger charge is -2.36. The van der Waals surface area contributed by atoms with E-state index in [2.05, 4.69) is 22.3 Å². The van der Waals surface area contributed by atoms with Gasteiger partial charge < -0.3 is 15.1 Å². The molecule has 6 heteroatoms. The standard InChI is InChI=1S/C17H20ClN3OS/c18-14-3-1-4-15(11-14)20-6-8-21(9-7-20)17(22)13-19-12-16-5-2-10-23-16/h1-5,10-11,19H,6-9,12-13H2. The maximum absolute atomic E-state index is 12.3. The van der Waals surface area contributed by atoms with Crippen LogP contribution in [0.3, 0.4) is 0 Å². The summed E-state index contributed by atoms with van der Waals surface area (Å²) in [5, 5.41) is 6.02. The Bertz CT molecular complexity index is 639. The largest absolute Gasteiger partial charge is 0.368 e. The minimum Gasteiger partial charge on any atom is -0.368 e. The summed E-state index contributed by atoms with van der Waals surface area (Å²) < 4.78 is 0. The van der Waals surface area contributed by atoms with Gasteiger partial charge in [-0.15, -0.1) is 11.3 Å². The maximum Gasteiger partial charge on any atom is 0.236 e. The summed E-state index contributed by atoms with van der Waals surface area (Å²) in [6, 6.07) is 12.0. The fourth-order valence-corrected chi connectivity index (χ4v) is 3.56. The number of rotatable bonds is 5. The Morgan fingerprint density at radius 3 is 2.70 bits per heavy atom. The van der Waals surface area contributed by atoms with Gasteiger partial charge in [0.15, 0.2) is 0 Å². The third kappa shape index (κ3) is 4.47. The fourth-order valence-electron chi connectivity index (χ4n) is 2.70. The van der Waals surface area contributed by atoms with E-state index in [1.807, 2.05) is 34.5 Å². The van der Waals surface area contributed by atoms with Crippen molar-refractivity contribution < 1.29 is 4.79 Å². The van der Waals surface area contributed by atoms with Gasteiger partial charge >= 0.3 is 0 Å². The van der Waals surface area contributed by atoms with Gasteiger partial charge in [0.1, 0.15) is 0 Å². The van der Waals surface area contributed by atoms with E-state index in [0.29, 0.717) is 6.54 Å².